The topological polar surface area (TPSA) is 114 Å². The van der Waals surface area contributed by atoms with Gasteiger partial charge in [0.15, 0.2) is 12.4 Å². The molecule has 0 spiro atoms. The van der Waals surface area contributed by atoms with Gasteiger partial charge in [0.2, 0.25) is 0 Å². The maximum Gasteiger partial charge on any atom is 0.257 e. The van der Waals surface area contributed by atoms with Crippen LogP contribution in [0.3, 0.4) is 0 Å². The zero-order valence-corrected chi connectivity index (χ0v) is 21.8. The van der Waals surface area contributed by atoms with Crippen LogP contribution in [0.5, 0.6) is 11.5 Å². The third kappa shape index (κ3) is 6.75. The first kappa shape index (κ1) is 25.9. The molecule has 0 unspecified atom stereocenters. The first-order chi connectivity index (χ1) is 17.9. The molecule has 0 aliphatic carbocycles. The highest BCUT2D eigenvalue weighted by Crippen LogP contribution is 2.36. The lowest BCUT2D eigenvalue weighted by Crippen LogP contribution is -2.29. The maximum atomic E-state index is 12.1. The molecule has 0 atom stereocenters. The first-order valence-electron chi connectivity index (χ1n) is 12.6. The van der Waals surface area contributed by atoms with Crippen LogP contribution in [0.4, 0.5) is 11.6 Å². The number of benzene rings is 2. The summed E-state index contributed by atoms with van der Waals surface area (Å²) in [6.07, 6.45) is 3.64. The van der Waals surface area contributed by atoms with E-state index >= 15 is 0 Å². The molecule has 0 aliphatic heterocycles. The summed E-state index contributed by atoms with van der Waals surface area (Å²) in [6.45, 7) is 9.51. The standard InChI is InChI=1S/C28H34N6O3/c1-5-6-13-29-24(35)17-36-21-9-7-8-20(15-21)27-31-22-11-10-19(4)26(37-16-18(2)3)25(22)28(33-27)32-23-12-14-30-34-23/h7-12,14-15,18H,5-6,13,16-17H2,1-4H3,(H,29,35)(H2,30,31,32,33,34). The van der Waals surface area contributed by atoms with Crippen LogP contribution in [0.2, 0.25) is 0 Å². The predicted molar refractivity (Wildman–Crippen MR) is 145 cm³/mol. The van der Waals surface area contributed by atoms with Crippen LogP contribution in [0.1, 0.15) is 39.2 Å². The lowest BCUT2D eigenvalue weighted by Gasteiger charge is -2.17. The van der Waals surface area contributed by atoms with Crippen molar-refractivity contribution in [3.63, 3.8) is 0 Å². The third-order valence-electron chi connectivity index (χ3n) is 5.64. The molecular formula is C28H34N6O3. The molecular weight excluding hydrogens is 468 g/mol. The number of ether oxygens (including phenoxy) is 2. The molecule has 4 rings (SSSR count). The molecule has 2 aromatic carbocycles. The summed E-state index contributed by atoms with van der Waals surface area (Å²) in [6, 6.07) is 13.2. The van der Waals surface area contributed by atoms with Crippen molar-refractivity contribution in [2.24, 2.45) is 5.92 Å². The Bertz CT molecular complexity index is 1340. The molecule has 0 saturated heterocycles. The highest BCUT2D eigenvalue weighted by Gasteiger charge is 2.17. The van der Waals surface area contributed by atoms with Gasteiger partial charge in [-0.2, -0.15) is 5.10 Å². The largest absolute Gasteiger partial charge is 0.492 e. The predicted octanol–water partition coefficient (Wildman–Crippen LogP) is 5.40. The smallest absolute Gasteiger partial charge is 0.257 e. The molecule has 0 bridgehead atoms. The number of anilines is 2. The SMILES string of the molecule is CCCCNC(=O)COc1cccc(-c2nc(Nc3ccn[nH]3)c3c(OCC(C)C)c(C)ccc3n2)c1. The van der Waals surface area contributed by atoms with Crippen LogP contribution >= 0.6 is 0 Å². The average Bonchev–Trinajstić information content (AvgIpc) is 3.40. The summed E-state index contributed by atoms with van der Waals surface area (Å²) in [5.74, 6) is 3.38. The second-order valence-corrected chi connectivity index (χ2v) is 9.32. The van der Waals surface area contributed by atoms with Gasteiger partial charge in [0.1, 0.15) is 23.1 Å². The zero-order chi connectivity index (χ0) is 26.2. The Labute approximate surface area is 217 Å². The van der Waals surface area contributed by atoms with Crippen LogP contribution in [0.15, 0.2) is 48.7 Å². The summed E-state index contributed by atoms with van der Waals surface area (Å²) in [5.41, 5.74) is 2.52. The number of carbonyl (C=O) groups excluding carboxylic acids is 1. The van der Waals surface area contributed by atoms with E-state index in [-0.39, 0.29) is 12.5 Å². The summed E-state index contributed by atoms with van der Waals surface area (Å²) < 4.78 is 12.0. The molecule has 0 saturated carbocycles. The number of aromatic nitrogens is 4. The van der Waals surface area contributed by atoms with Crippen molar-refractivity contribution in [3.05, 3.63) is 54.2 Å². The zero-order valence-electron chi connectivity index (χ0n) is 21.8. The van der Waals surface area contributed by atoms with Gasteiger partial charge >= 0.3 is 0 Å². The molecule has 2 heterocycles. The van der Waals surface area contributed by atoms with Gasteiger partial charge in [-0.1, -0.05) is 45.4 Å². The number of hydrogen-bond donors (Lipinski definition) is 3. The van der Waals surface area contributed by atoms with Gasteiger partial charge in [0.25, 0.3) is 5.91 Å². The van der Waals surface area contributed by atoms with E-state index in [2.05, 4.69) is 41.6 Å². The van der Waals surface area contributed by atoms with Gasteiger partial charge < -0.3 is 20.1 Å². The van der Waals surface area contributed by atoms with Crippen molar-refractivity contribution < 1.29 is 14.3 Å². The number of unbranched alkanes of at least 4 members (excludes halogenated alkanes) is 1. The normalized spacial score (nSPS) is 11.1. The minimum atomic E-state index is -0.142. The highest BCUT2D eigenvalue weighted by atomic mass is 16.5. The Morgan fingerprint density at radius 1 is 1.11 bits per heavy atom. The molecule has 37 heavy (non-hydrogen) atoms. The summed E-state index contributed by atoms with van der Waals surface area (Å²) in [5, 5.41) is 14.0. The van der Waals surface area contributed by atoms with Gasteiger partial charge in [-0.05, 0) is 43.0 Å². The van der Waals surface area contributed by atoms with Gasteiger partial charge in [-0.15, -0.1) is 0 Å². The second-order valence-electron chi connectivity index (χ2n) is 9.32. The molecule has 0 fully saturated rings. The van der Waals surface area contributed by atoms with E-state index in [1.54, 1.807) is 6.20 Å². The van der Waals surface area contributed by atoms with Gasteiger partial charge in [0.05, 0.1) is 23.7 Å². The van der Waals surface area contributed by atoms with Gasteiger partial charge in [-0.3, -0.25) is 9.89 Å². The summed E-state index contributed by atoms with van der Waals surface area (Å²) >= 11 is 0. The number of nitrogens with one attached hydrogen (secondary N) is 3. The maximum absolute atomic E-state index is 12.1. The fourth-order valence-corrected chi connectivity index (χ4v) is 3.74. The van der Waals surface area contributed by atoms with Crippen LogP contribution in [-0.2, 0) is 4.79 Å². The molecule has 0 aliphatic rings. The fraction of sp³-hybridized carbons (Fsp3) is 0.357. The Morgan fingerprint density at radius 2 is 1.97 bits per heavy atom. The van der Waals surface area contributed by atoms with Crippen LogP contribution < -0.4 is 20.1 Å². The number of H-pyrrole nitrogens is 1. The number of aryl methyl sites for hydroxylation is 1. The summed E-state index contributed by atoms with van der Waals surface area (Å²) in [4.78, 5) is 21.8. The van der Waals surface area contributed by atoms with E-state index in [4.69, 9.17) is 19.4 Å². The molecule has 3 N–H and O–H groups in total. The Hall–Kier alpha value is -4.14. The molecule has 194 valence electrons. The molecule has 1 amide bonds. The van der Waals surface area contributed by atoms with E-state index in [9.17, 15) is 4.79 Å². The Morgan fingerprint density at radius 3 is 2.73 bits per heavy atom. The van der Waals surface area contributed by atoms with Crippen LogP contribution in [0.25, 0.3) is 22.3 Å². The number of fused-ring (bicyclic) bond motifs is 1. The molecule has 0 radical (unpaired) electrons. The number of nitrogens with zero attached hydrogens (tertiary/aromatic N) is 3. The Kier molecular flexibility index (Phi) is 8.56. The number of amides is 1. The van der Waals surface area contributed by atoms with Crippen molar-refractivity contribution in [1.29, 1.82) is 0 Å². The van der Waals surface area contributed by atoms with Gasteiger partial charge in [0, 0.05) is 18.2 Å². The van der Waals surface area contributed by atoms with Gasteiger partial charge in [-0.25, -0.2) is 9.97 Å². The van der Waals surface area contributed by atoms with Crippen LogP contribution in [0, 0.1) is 12.8 Å². The first-order valence-corrected chi connectivity index (χ1v) is 12.6. The molecule has 2 aromatic heterocycles. The van der Waals surface area contributed by atoms with E-state index in [0.717, 1.165) is 40.6 Å². The Balaban J connectivity index is 1.68. The highest BCUT2D eigenvalue weighted by molar-refractivity contribution is 5.98. The van der Waals surface area contributed by atoms with E-state index in [1.807, 2.05) is 49.4 Å². The van der Waals surface area contributed by atoms with E-state index in [1.165, 1.54) is 0 Å². The monoisotopic (exact) mass is 502 g/mol. The minimum absolute atomic E-state index is 0.0474. The number of hydrogen-bond acceptors (Lipinski definition) is 7. The molecule has 9 nitrogen and oxygen atoms in total. The quantitative estimate of drug-likeness (QED) is 0.222. The average molecular weight is 503 g/mol. The lowest BCUT2D eigenvalue weighted by molar-refractivity contribution is -0.123. The van der Waals surface area contributed by atoms with Crippen molar-refractivity contribution in [2.75, 3.05) is 25.1 Å². The number of rotatable bonds is 12. The third-order valence-corrected chi connectivity index (χ3v) is 5.64. The van der Waals surface area contributed by atoms with Crippen LogP contribution in [-0.4, -0.2) is 45.8 Å². The lowest BCUT2D eigenvalue weighted by atomic mass is 10.1. The van der Waals surface area contributed by atoms with Crippen molar-refractivity contribution in [3.8, 4) is 22.9 Å². The van der Waals surface area contributed by atoms with E-state index < -0.39 is 0 Å². The number of aromatic amines is 1. The van der Waals surface area contributed by atoms with Crippen molar-refractivity contribution >= 4 is 28.4 Å². The summed E-state index contributed by atoms with van der Waals surface area (Å²) in [7, 11) is 0. The molecule has 4 aromatic rings. The fourth-order valence-electron chi connectivity index (χ4n) is 3.74. The minimum Gasteiger partial charge on any atom is -0.492 e. The molecule has 9 heteroatoms. The number of carbonyl (C=O) groups is 1. The van der Waals surface area contributed by atoms with Crippen molar-refractivity contribution in [1.82, 2.24) is 25.5 Å². The van der Waals surface area contributed by atoms with Crippen molar-refractivity contribution in [2.45, 2.75) is 40.5 Å². The van der Waals surface area contributed by atoms with E-state index in [0.29, 0.717) is 42.3 Å². The second kappa shape index (κ2) is 12.2.